The van der Waals surface area contributed by atoms with Gasteiger partial charge in [-0.15, -0.1) is 0 Å². The molecule has 2 rings (SSSR count). The van der Waals surface area contributed by atoms with Crippen LogP contribution in [0.15, 0.2) is 0 Å². The molecule has 0 spiro atoms. The number of esters is 1. The van der Waals surface area contributed by atoms with Crippen LogP contribution in [0.2, 0.25) is 0 Å². The molecule has 3 heteroatoms. The smallest absolute Gasteiger partial charge is 0.306 e. The number of carbonyl (C=O) groups is 2. The van der Waals surface area contributed by atoms with Crippen molar-refractivity contribution in [2.45, 2.75) is 59.3 Å². The summed E-state index contributed by atoms with van der Waals surface area (Å²) in [6.07, 6.45) is 5.33. The molecule has 0 radical (unpaired) electrons. The summed E-state index contributed by atoms with van der Waals surface area (Å²) >= 11 is 0. The van der Waals surface area contributed by atoms with Crippen LogP contribution in [0.1, 0.15) is 59.3 Å². The van der Waals surface area contributed by atoms with Crippen LogP contribution in [0.25, 0.3) is 0 Å². The van der Waals surface area contributed by atoms with Crippen molar-refractivity contribution in [3.8, 4) is 0 Å². The van der Waals surface area contributed by atoms with E-state index in [1.54, 1.807) is 0 Å². The highest BCUT2D eigenvalue weighted by Gasteiger charge is 2.54. The first-order valence-electron chi connectivity index (χ1n) is 7.41. The van der Waals surface area contributed by atoms with Gasteiger partial charge in [0.05, 0.1) is 13.5 Å². The fourth-order valence-corrected chi connectivity index (χ4v) is 4.73. The van der Waals surface area contributed by atoms with E-state index < -0.39 is 0 Å². The van der Waals surface area contributed by atoms with E-state index >= 15 is 0 Å². The molecule has 2 aliphatic carbocycles. The first-order chi connectivity index (χ1) is 8.81. The zero-order valence-electron chi connectivity index (χ0n) is 12.6. The Kier molecular flexibility index (Phi) is 3.76. The minimum Gasteiger partial charge on any atom is -0.469 e. The molecule has 0 aliphatic heterocycles. The van der Waals surface area contributed by atoms with Crippen LogP contribution in [-0.4, -0.2) is 18.9 Å². The van der Waals surface area contributed by atoms with Crippen molar-refractivity contribution < 1.29 is 14.3 Å². The van der Waals surface area contributed by atoms with Crippen LogP contribution in [-0.2, 0) is 14.3 Å². The Labute approximate surface area is 116 Å². The third-order valence-corrected chi connectivity index (χ3v) is 5.74. The second-order valence-corrected chi connectivity index (χ2v) is 7.24. The second kappa shape index (κ2) is 4.92. The van der Waals surface area contributed by atoms with E-state index in [1.165, 1.54) is 13.5 Å². The molecule has 0 aromatic rings. The Hall–Kier alpha value is -0.860. The number of hydrogen-bond acceptors (Lipinski definition) is 3. The molecule has 108 valence electrons. The molecule has 2 aliphatic rings. The molecule has 0 heterocycles. The minimum absolute atomic E-state index is 0.0225. The maximum Gasteiger partial charge on any atom is 0.306 e. The summed E-state index contributed by atoms with van der Waals surface area (Å²) in [5.41, 5.74) is 0.257. The van der Waals surface area contributed by atoms with Gasteiger partial charge in [-0.3, -0.25) is 9.59 Å². The molecule has 2 saturated carbocycles. The van der Waals surface area contributed by atoms with Crippen molar-refractivity contribution in [3.05, 3.63) is 0 Å². The van der Waals surface area contributed by atoms with Gasteiger partial charge in [0.25, 0.3) is 0 Å². The van der Waals surface area contributed by atoms with E-state index in [-0.39, 0.29) is 34.9 Å². The van der Waals surface area contributed by atoms with Crippen LogP contribution in [0.4, 0.5) is 0 Å². The molecule has 2 fully saturated rings. The van der Waals surface area contributed by atoms with E-state index in [9.17, 15) is 9.59 Å². The Balaban J connectivity index is 2.30. The Bertz CT molecular complexity index is 385. The fourth-order valence-electron chi connectivity index (χ4n) is 4.73. The molecule has 0 unspecified atom stereocenters. The van der Waals surface area contributed by atoms with Crippen LogP contribution in [0.5, 0.6) is 0 Å². The van der Waals surface area contributed by atoms with Crippen molar-refractivity contribution in [2.75, 3.05) is 7.11 Å². The Morgan fingerprint density at radius 3 is 2.63 bits per heavy atom. The highest BCUT2D eigenvalue weighted by molar-refractivity contribution is 5.87. The number of hydrogen-bond donors (Lipinski definition) is 0. The van der Waals surface area contributed by atoms with Crippen molar-refractivity contribution in [2.24, 2.45) is 22.7 Å². The van der Waals surface area contributed by atoms with Crippen molar-refractivity contribution >= 4 is 11.8 Å². The summed E-state index contributed by atoms with van der Waals surface area (Å²) in [6.45, 7) is 6.86. The predicted octanol–water partition coefficient (Wildman–Crippen LogP) is 3.36. The third kappa shape index (κ3) is 2.44. The molecule has 3 atom stereocenters. The fraction of sp³-hybridized carbons (Fsp3) is 0.875. The molecule has 3 nitrogen and oxygen atoms in total. The summed E-state index contributed by atoms with van der Waals surface area (Å²) in [7, 11) is 1.40. The van der Waals surface area contributed by atoms with Gasteiger partial charge in [-0.1, -0.05) is 27.2 Å². The van der Waals surface area contributed by atoms with Crippen molar-refractivity contribution in [1.29, 1.82) is 0 Å². The van der Waals surface area contributed by atoms with Gasteiger partial charge < -0.3 is 4.74 Å². The highest BCUT2D eigenvalue weighted by Crippen LogP contribution is 2.59. The Morgan fingerprint density at radius 1 is 1.32 bits per heavy atom. The lowest BCUT2D eigenvalue weighted by atomic mass is 9.48. The summed E-state index contributed by atoms with van der Waals surface area (Å²) in [6, 6.07) is 0. The lowest BCUT2D eigenvalue weighted by Crippen LogP contribution is -2.52. The van der Waals surface area contributed by atoms with Gasteiger partial charge in [0.15, 0.2) is 0 Å². The zero-order valence-corrected chi connectivity index (χ0v) is 12.6. The largest absolute Gasteiger partial charge is 0.469 e. The van der Waals surface area contributed by atoms with Gasteiger partial charge in [-0.2, -0.15) is 0 Å². The standard InChI is InChI=1S/C16H26O3/c1-15(2)8-5-9-16(3)11(10-14(18)19-4)12(17)6-7-13(15)16/h11,13H,5-10H2,1-4H3/t11-,13-,16+/m0/s1. The lowest BCUT2D eigenvalue weighted by molar-refractivity contribution is -0.155. The third-order valence-electron chi connectivity index (χ3n) is 5.74. The van der Waals surface area contributed by atoms with Gasteiger partial charge in [-0.05, 0) is 36.0 Å². The summed E-state index contributed by atoms with van der Waals surface area (Å²) < 4.78 is 4.79. The van der Waals surface area contributed by atoms with Crippen LogP contribution in [0, 0.1) is 22.7 Å². The average Bonchev–Trinajstić information content (AvgIpc) is 2.32. The van der Waals surface area contributed by atoms with Gasteiger partial charge >= 0.3 is 5.97 Å². The molecule has 0 aromatic heterocycles. The number of fused-ring (bicyclic) bond motifs is 1. The van der Waals surface area contributed by atoms with Crippen molar-refractivity contribution in [3.63, 3.8) is 0 Å². The SMILES string of the molecule is COC(=O)C[C@H]1C(=O)CC[C@H]2C(C)(C)CCC[C@]12C. The summed E-state index contributed by atoms with van der Waals surface area (Å²) in [5.74, 6) is 0.421. The molecule has 19 heavy (non-hydrogen) atoms. The number of Topliss-reactive ketones (excluding diaryl/α,β-unsaturated/α-hetero) is 1. The van der Waals surface area contributed by atoms with E-state index in [1.807, 2.05) is 0 Å². The molecule has 0 aromatic carbocycles. The van der Waals surface area contributed by atoms with Gasteiger partial charge in [-0.25, -0.2) is 0 Å². The number of ether oxygens (including phenoxy) is 1. The topological polar surface area (TPSA) is 43.4 Å². The first-order valence-corrected chi connectivity index (χ1v) is 7.41. The number of carbonyl (C=O) groups excluding carboxylic acids is 2. The predicted molar refractivity (Wildman–Crippen MR) is 73.6 cm³/mol. The monoisotopic (exact) mass is 266 g/mol. The molecule has 0 bridgehead atoms. The maximum absolute atomic E-state index is 12.3. The van der Waals surface area contributed by atoms with Crippen molar-refractivity contribution in [1.82, 2.24) is 0 Å². The average molecular weight is 266 g/mol. The van der Waals surface area contributed by atoms with Crippen LogP contribution >= 0.6 is 0 Å². The summed E-state index contributed by atoms with van der Waals surface area (Å²) in [4.78, 5) is 23.9. The van der Waals surface area contributed by atoms with Gasteiger partial charge in [0.1, 0.15) is 5.78 Å². The summed E-state index contributed by atoms with van der Waals surface area (Å²) in [5, 5.41) is 0. The molecule has 0 N–H and O–H groups in total. The van der Waals surface area contributed by atoms with E-state index in [0.717, 1.165) is 19.3 Å². The molecule has 0 saturated heterocycles. The van der Waals surface area contributed by atoms with Gasteiger partial charge in [0, 0.05) is 12.3 Å². The van der Waals surface area contributed by atoms with Crippen LogP contribution < -0.4 is 0 Å². The van der Waals surface area contributed by atoms with Crippen LogP contribution in [0.3, 0.4) is 0 Å². The second-order valence-electron chi connectivity index (χ2n) is 7.24. The highest BCUT2D eigenvalue weighted by atomic mass is 16.5. The van der Waals surface area contributed by atoms with E-state index in [4.69, 9.17) is 4.74 Å². The molecular weight excluding hydrogens is 240 g/mol. The molecule has 0 amide bonds. The number of methoxy groups -OCH3 is 1. The normalized spacial score (nSPS) is 37.6. The van der Waals surface area contributed by atoms with E-state index in [0.29, 0.717) is 12.3 Å². The minimum atomic E-state index is -0.247. The maximum atomic E-state index is 12.3. The Morgan fingerprint density at radius 2 is 2.00 bits per heavy atom. The van der Waals surface area contributed by atoms with Gasteiger partial charge in [0.2, 0.25) is 0 Å². The number of rotatable bonds is 2. The zero-order chi connectivity index (χ0) is 14.3. The first kappa shape index (κ1) is 14.5. The quantitative estimate of drug-likeness (QED) is 0.720. The molecular formula is C16H26O3. The lowest BCUT2D eigenvalue weighted by Gasteiger charge is -2.56. The van der Waals surface area contributed by atoms with E-state index in [2.05, 4.69) is 20.8 Å². The number of ketones is 1.